The molecule has 0 amide bonds. The maximum Gasteiger partial charge on any atom is 0.139 e. The number of nitrogens with two attached hydrogens (primary N) is 1. The molecule has 0 bridgehead atoms. The van der Waals surface area contributed by atoms with E-state index in [1.807, 2.05) is 6.08 Å². The first-order chi connectivity index (χ1) is 3.79. The average molecular weight is 111 g/mol. The van der Waals surface area contributed by atoms with E-state index in [-0.39, 0.29) is 5.78 Å². The summed E-state index contributed by atoms with van der Waals surface area (Å²) in [6.45, 7) is 0. The van der Waals surface area contributed by atoms with Crippen LogP contribution in [0.3, 0.4) is 0 Å². The van der Waals surface area contributed by atoms with Crippen LogP contribution in [-0.2, 0) is 4.79 Å². The minimum absolute atomic E-state index is 0.269. The second-order valence-corrected chi connectivity index (χ2v) is 2.03. The van der Waals surface area contributed by atoms with Crippen LogP contribution < -0.4 is 5.73 Å². The van der Waals surface area contributed by atoms with Crippen molar-refractivity contribution in [2.45, 2.75) is 19.3 Å². The van der Waals surface area contributed by atoms with Crippen LogP contribution in [0.1, 0.15) is 19.3 Å². The van der Waals surface area contributed by atoms with Gasteiger partial charge in [-0.15, -0.1) is 0 Å². The molecule has 2 heteroatoms. The van der Waals surface area contributed by atoms with Crippen molar-refractivity contribution in [2.75, 3.05) is 0 Å². The molecule has 1 aliphatic carbocycles. The number of carbonyl (C=O) groups is 1. The Hall–Kier alpha value is -0.790. The molecular weight excluding hydrogens is 102 g/mol. The van der Waals surface area contributed by atoms with Gasteiger partial charge in [0, 0.05) is 18.5 Å². The zero-order valence-electron chi connectivity index (χ0n) is 4.68. The normalized spacial score (nSPS) is 20.5. The zero-order chi connectivity index (χ0) is 5.98. The van der Waals surface area contributed by atoms with Crippen LogP contribution in [0.4, 0.5) is 0 Å². The van der Waals surface area contributed by atoms with Gasteiger partial charge in [0.1, 0.15) is 5.78 Å². The van der Waals surface area contributed by atoms with Crippen LogP contribution in [0, 0.1) is 0 Å². The molecule has 0 aromatic carbocycles. The third kappa shape index (κ3) is 1.09. The van der Waals surface area contributed by atoms with Crippen molar-refractivity contribution in [3.05, 3.63) is 11.8 Å². The summed E-state index contributed by atoms with van der Waals surface area (Å²) in [6, 6.07) is 0. The van der Waals surface area contributed by atoms with E-state index >= 15 is 0 Å². The predicted molar refractivity (Wildman–Crippen MR) is 31.1 cm³/mol. The number of ketones is 1. The number of carbonyl (C=O) groups excluding carboxylic acids is 1. The van der Waals surface area contributed by atoms with Crippen molar-refractivity contribution in [3.8, 4) is 0 Å². The van der Waals surface area contributed by atoms with E-state index in [1.54, 1.807) is 0 Å². The van der Waals surface area contributed by atoms with Gasteiger partial charge in [-0.3, -0.25) is 4.79 Å². The Bertz CT molecular complexity index is 137. The van der Waals surface area contributed by atoms with Crippen molar-refractivity contribution in [1.29, 1.82) is 0 Å². The lowest BCUT2D eigenvalue weighted by molar-refractivity contribution is -0.118. The number of rotatable bonds is 0. The summed E-state index contributed by atoms with van der Waals surface area (Å²) >= 11 is 0. The van der Waals surface area contributed by atoms with Crippen LogP contribution in [0.15, 0.2) is 11.8 Å². The van der Waals surface area contributed by atoms with Crippen LogP contribution in [0.25, 0.3) is 0 Å². The monoisotopic (exact) mass is 111 g/mol. The van der Waals surface area contributed by atoms with Gasteiger partial charge in [-0.1, -0.05) is 6.08 Å². The molecule has 0 aliphatic heterocycles. The average Bonchev–Trinajstić information content (AvgIpc) is 1.64. The van der Waals surface area contributed by atoms with Crippen LogP contribution in [0.2, 0.25) is 0 Å². The summed E-state index contributed by atoms with van der Waals surface area (Å²) in [6.07, 6.45) is 3.91. The van der Waals surface area contributed by atoms with Gasteiger partial charge in [-0.05, 0) is 6.42 Å². The fraction of sp³-hybridized carbons (Fsp3) is 0.500. The van der Waals surface area contributed by atoms with Crippen LogP contribution in [-0.4, -0.2) is 5.78 Å². The third-order valence-corrected chi connectivity index (χ3v) is 1.23. The van der Waals surface area contributed by atoms with Gasteiger partial charge in [0.15, 0.2) is 0 Å². The molecule has 0 heterocycles. The Morgan fingerprint density at radius 3 is 2.75 bits per heavy atom. The topological polar surface area (TPSA) is 43.1 Å². The molecule has 0 radical (unpaired) electrons. The van der Waals surface area contributed by atoms with Gasteiger partial charge < -0.3 is 5.73 Å². The lowest BCUT2D eigenvalue weighted by Crippen LogP contribution is -2.10. The molecule has 0 saturated heterocycles. The fourth-order valence-electron chi connectivity index (χ4n) is 0.807. The Labute approximate surface area is 48.4 Å². The van der Waals surface area contributed by atoms with Gasteiger partial charge in [0.25, 0.3) is 0 Å². The number of hydrogen-bond acceptors (Lipinski definition) is 2. The first-order valence-electron chi connectivity index (χ1n) is 2.75. The summed E-state index contributed by atoms with van der Waals surface area (Å²) in [5.74, 6) is 0.269. The third-order valence-electron chi connectivity index (χ3n) is 1.23. The molecule has 0 aromatic rings. The molecule has 0 saturated carbocycles. The highest BCUT2D eigenvalue weighted by molar-refractivity contribution is 5.81. The largest absolute Gasteiger partial charge is 0.402 e. The first-order valence-corrected chi connectivity index (χ1v) is 2.75. The summed E-state index contributed by atoms with van der Waals surface area (Å²) in [7, 11) is 0. The Morgan fingerprint density at radius 1 is 1.62 bits per heavy atom. The summed E-state index contributed by atoms with van der Waals surface area (Å²) in [5.41, 5.74) is 6.10. The van der Waals surface area contributed by atoms with Crippen molar-refractivity contribution in [1.82, 2.24) is 0 Å². The van der Waals surface area contributed by atoms with Gasteiger partial charge in [0.05, 0.1) is 0 Å². The number of Topliss-reactive ketones (excluding diaryl/α,β-unsaturated/α-hetero) is 1. The highest BCUT2D eigenvalue weighted by atomic mass is 16.1. The molecule has 0 fully saturated rings. The fourth-order valence-corrected chi connectivity index (χ4v) is 0.807. The van der Waals surface area contributed by atoms with Gasteiger partial charge in [-0.25, -0.2) is 0 Å². The van der Waals surface area contributed by atoms with Crippen molar-refractivity contribution >= 4 is 5.78 Å². The lowest BCUT2D eigenvalue weighted by atomic mass is 10.0. The molecule has 0 spiro atoms. The minimum atomic E-state index is 0.269. The minimum Gasteiger partial charge on any atom is -0.402 e. The van der Waals surface area contributed by atoms with E-state index in [9.17, 15) is 4.79 Å². The standard InChI is InChI=1S/C6H9NO/c7-5-2-1-3-6(8)4-5/h2H,1,3-4,7H2. The molecule has 2 nitrogen and oxygen atoms in total. The van der Waals surface area contributed by atoms with Gasteiger partial charge in [-0.2, -0.15) is 0 Å². The number of hydrogen-bond donors (Lipinski definition) is 1. The maximum absolute atomic E-state index is 10.6. The summed E-state index contributed by atoms with van der Waals surface area (Å²) in [5, 5.41) is 0. The zero-order valence-corrected chi connectivity index (χ0v) is 4.68. The molecule has 8 heavy (non-hydrogen) atoms. The maximum atomic E-state index is 10.6. The molecule has 0 aromatic heterocycles. The second kappa shape index (κ2) is 1.99. The SMILES string of the molecule is NC1=CCCC(=O)C1. The smallest absolute Gasteiger partial charge is 0.139 e. The van der Waals surface area contributed by atoms with Crippen LogP contribution >= 0.6 is 0 Å². The van der Waals surface area contributed by atoms with E-state index in [0.29, 0.717) is 12.8 Å². The Balaban J connectivity index is 2.57. The van der Waals surface area contributed by atoms with E-state index in [4.69, 9.17) is 5.73 Å². The predicted octanol–water partition coefficient (Wildman–Crippen LogP) is 0.582. The van der Waals surface area contributed by atoms with Crippen molar-refractivity contribution in [2.24, 2.45) is 5.73 Å². The lowest BCUT2D eigenvalue weighted by Gasteiger charge is -2.04. The highest BCUT2D eigenvalue weighted by Crippen LogP contribution is 2.08. The number of allylic oxidation sites excluding steroid dienone is 2. The van der Waals surface area contributed by atoms with E-state index in [1.165, 1.54) is 0 Å². The van der Waals surface area contributed by atoms with Gasteiger partial charge in [0.2, 0.25) is 0 Å². The first kappa shape index (κ1) is 5.35. The quantitative estimate of drug-likeness (QED) is 0.497. The summed E-state index contributed by atoms with van der Waals surface area (Å²) in [4.78, 5) is 10.6. The van der Waals surface area contributed by atoms with Crippen LogP contribution in [0.5, 0.6) is 0 Å². The van der Waals surface area contributed by atoms with Crippen molar-refractivity contribution < 1.29 is 4.79 Å². The molecule has 2 N–H and O–H groups in total. The Morgan fingerprint density at radius 2 is 2.38 bits per heavy atom. The Kier molecular flexibility index (Phi) is 1.33. The molecule has 44 valence electrons. The van der Waals surface area contributed by atoms with E-state index in [0.717, 1.165) is 12.1 Å². The molecule has 0 unspecified atom stereocenters. The van der Waals surface area contributed by atoms with E-state index in [2.05, 4.69) is 0 Å². The molecule has 1 aliphatic rings. The van der Waals surface area contributed by atoms with Crippen molar-refractivity contribution in [3.63, 3.8) is 0 Å². The highest BCUT2D eigenvalue weighted by Gasteiger charge is 2.06. The molecule has 1 rings (SSSR count). The summed E-state index contributed by atoms with van der Waals surface area (Å²) < 4.78 is 0. The van der Waals surface area contributed by atoms with E-state index < -0.39 is 0 Å². The molecule has 0 atom stereocenters. The molecular formula is C6H9NO. The second-order valence-electron chi connectivity index (χ2n) is 2.03. The van der Waals surface area contributed by atoms with Gasteiger partial charge >= 0.3 is 0 Å².